The Labute approximate surface area is 118 Å². The van der Waals surface area contributed by atoms with Gasteiger partial charge < -0.3 is 19.2 Å². The second-order valence-corrected chi connectivity index (χ2v) is 5.99. The maximum atomic E-state index is 10.1. The van der Waals surface area contributed by atoms with Crippen LogP contribution < -0.4 is 10.2 Å². The van der Waals surface area contributed by atoms with Crippen molar-refractivity contribution in [1.29, 1.82) is 0 Å². The summed E-state index contributed by atoms with van der Waals surface area (Å²) in [6.07, 6.45) is 0. The van der Waals surface area contributed by atoms with Crippen LogP contribution in [0.2, 0.25) is 5.02 Å². The predicted molar refractivity (Wildman–Crippen MR) is 75.4 cm³/mol. The van der Waals surface area contributed by atoms with E-state index >= 15 is 0 Å². The third-order valence-corrected chi connectivity index (χ3v) is 4.20. The number of methoxy groups -OCH3 is 1. The Kier molecular flexibility index (Phi) is 3.50. The van der Waals surface area contributed by atoms with Crippen LogP contribution in [0.15, 0.2) is 12.1 Å². The number of rotatable bonds is 2. The fourth-order valence-corrected chi connectivity index (χ4v) is 2.13. The van der Waals surface area contributed by atoms with E-state index in [2.05, 4.69) is 0 Å². The number of hydrogen-bond donors (Lipinski definition) is 1. The van der Waals surface area contributed by atoms with E-state index in [-0.39, 0.29) is 10.8 Å². The SMILES string of the molecule is COc1ccc(B2OC(C)(C)C(C)(C)O2)c(O)c1Cl. The number of halogens is 1. The molecular weight excluding hydrogens is 266 g/mol. The summed E-state index contributed by atoms with van der Waals surface area (Å²) in [7, 11) is 0.850. The molecule has 1 aromatic carbocycles. The smallest absolute Gasteiger partial charge is 0.498 e. The van der Waals surface area contributed by atoms with Crippen molar-refractivity contribution in [2.24, 2.45) is 0 Å². The molecule has 0 amide bonds. The van der Waals surface area contributed by atoms with Crippen molar-refractivity contribution in [3.8, 4) is 11.5 Å². The van der Waals surface area contributed by atoms with Gasteiger partial charge in [-0.15, -0.1) is 0 Å². The first-order valence-corrected chi connectivity index (χ1v) is 6.48. The van der Waals surface area contributed by atoms with E-state index in [4.69, 9.17) is 25.6 Å². The van der Waals surface area contributed by atoms with Crippen molar-refractivity contribution >= 4 is 24.2 Å². The summed E-state index contributed by atoms with van der Waals surface area (Å²) in [5.74, 6) is 0.346. The third-order valence-electron chi connectivity index (χ3n) is 3.84. The van der Waals surface area contributed by atoms with Gasteiger partial charge in [-0.3, -0.25) is 0 Å². The van der Waals surface area contributed by atoms with Crippen molar-refractivity contribution in [2.75, 3.05) is 7.11 Å². The predicted octanol–water partition coefficient (Wildman–Crippen LogP) is 2.35. The van der Waals surface area contributed by atoms with Gasteiger partial charge in [-0.25, -0.2) is 0 Å². The van der Waals surface area contributed by atoms with Crippen LogP contribution in [-0.4, -0.2) is 30.5 Å². The molecule has 1 heterocycles. The normalized spacial score (nSPS) is 20.6. The maximum absolute atomic E-state index is 10.1. The molecule has 0 bridgehead atoms. The molecule has 0 saturated carbocycles. The van der Waals surface area contributed by atoms with Crippen LogP contribution in [0.5, 0.6) is 11.5 Å². The summed E-state index contributed by atoms with van der Waals surface area (Å²) in [6.45, 7) is 7.81. The molecule has 2 rings (SSSR count). The van der Waals surface area contributed by atoms with E-state index in [0.29, 0.717) is 11.2 Å². The fraction of sp³-hybridized carbons (Fsp3) is 0.538. The Morgan fingerprint density at radius 3 is 2.16 bits per heavy atom. The van der Waals surface area contributed by atoms with E-state index in [1.54, 1.807) is 12.1 Å². The minimum absolute atomic E-state index is 0.0699. The van der Waals surface area contributed by atoms with E-state index in [1.807, 2.05) is 27.7 Å². The Bertz CT molecular complexity index is 486. The van der Waals surface area contributed by atoms with Gasteiger partial charge in [-0.1, -0.05) is 17.7 Å². The molecule has 104 valence electrons. The molecule has 1 aromatic rings. The lowest BCUT2D eigenvalue weighted by molar-refractivity contribution is 0.00578. The number of ether oxygens (including phenoxy) is 1. The average molecular weight is 285 g/mol. The number of phenols is 1. The first-order valence-electron chi connectivity index (χ1n) is 6.10. The molecule has 0 atom stereocenters. The quantitative estimate of drug-likeness (QED) is 0.847. The number of phenolic OH excluding ortho intramolecular Hbond substituents is 1. The molecule has 1 fully saturated rings. The van der Waals surface area contributed by atoms with Gasteiger partial charge in [0.2, 0.25) is 0 Å². The van der Waals surface area contributed by atoms with Crippen LogP contribution in [0, 0.1) is 0 Å². The lowest BCUT2D eigenvalue weighted by Gasteiger charge is -2.32. The van der Waals surface area contributed by atoms with E-state index in [0.717, 1.165) is 0 Å². The summed E-state index contributed by atoms with van der Waals surface area (Å²) in [4.78, 5) is 0. The van der Waals surface area contributed by atoms with E-state index in [1.165, 1.54) is 7.11 Å². The van der Waals surface area contributed by atoms with Crippen molar-refractivity contribution < 1.29 is 19.2 Å². The minimum Gasteiger partial charge on any atom is -0.507 e. The molecule has 0 spiro atoms. The molecule has 0 radical (unpaired) electrons. The highest BCUT2D eigenvalue weighted by Gasteiger charge is 2.52. The Morgan fingerprint density at radius 1 is 1.16 bits per heavy atom. The fourth-order valence-electron chi connectivity index (χ4n) is 1.88. The van der Waals surface area contributed by atoms with Gasteiger partial charge >= 0.3 is 7.12 Å². The Hall–Kier alpha value is -0.905. The third kappa shape index (κ3) is 2.31. The highest BCUT2D eigenvalue weighted by Crippen LogP contribution is 2.39. The van der Waals surface area contributed by atoms with Gasteiger partial charge in [-0.2, -0.15) is 0 Å². The highest BCUT2D eigenvalue weighted by molar-refractivity contribution is 6.63. The topological polar surface area (TPSA) is 47.9 Å². The standard InChI is InChI=1S/C13H18BClO4/c1-12(2)13(3,4)19-14(18-12)8-6-7-9(17-5)10(15)11(8)16/h6-7,16H,1-5H3. The molecule has 4 nitrogen and oxygen atoms in total. The van der Waals surface area contributed by atoms with Gasteiger partial charge in [0.25, 0.3) is 0 Å². The highest BCUT2D eigenvalue weighted by atomic mass is 35.5. The van der Waals surface area contributed by atoms with Crippen LogP contribution in [0.25, 0.3) is 0 Å². The van der Waals surface area contributed by atoms with Crippen LogP contribution >= 0.6 is 11.6 Å². The van der Waals surface area contributed by atoms with Gasteiger partial charge in [0, 0.05) is 5.46 Å². The maximum Gasteiger partial charge on any atom is 0.498 e. The lowest BCUT2D eigenvalue weighted by atomic mass is 9.78. The molecule has 6 heteroatoms. The van der Waals surface area contributed by atoms with Gasteiger partial charge in [0.1, 0.15) is 16.5 Å². The van der Waals surface area contributed by atoms with E-state index in [9.17, 15) is 5.11 Å². The zero-order valence-corrected chi connectivity index (χ0v) is 12.5. The second kappa shape index (κ2) is 4.58. The average Bonchev–Trinajstić information content (AvgIpc) is 2.51. The van der Waals surface area contributed by atoms with Crippen LogP contribution in [-0.2, 0) is 9.31 Å². The zero-order chi connectivity index (χ0) is 14.4. The second-order valence-electron chi connectivity index (χ2n) is 5.61. The van der Waals surface area contributed by atoms with E-state index < -0.39 is 18.3 Å². The molecule has 1 N–H and O–H groups in total. The lowest BCUT2D eigenvalue weighted by Crippen LogP contribution is -2.41. The summed E-state index contributed by atoms with van der Waals surface area (Å²) < 4.78 is 16.8. The number of benzene rings is 1. The summed E-state index contributed by atoms with van der Waals surface area (Å²) in [6, 6.07) is 3.38. The van der Waals surface area contributed by atoms with Crippen LogP contribution in [0.3, 0.4) is 0 Å². The largest absolute Gasteiger partial charge is 0.507 e. The van der Waals surface area contributed by atoms with Gasteiger partial charge in [0.15, 0.2) is 0 Å². The molecule has 19 heavy (non-hydrogen) atoms. The van der Waals surface area contributed by atoms with Gasteiger partial charge in [-0.05, 0) is 33.8 Å². The molecule has 0 unspecified atom stereocenters. The van der Waals surface area contributed by atoms with Crippen LogP contribution in [0.4, 0.5) is 0 Å². The van der Waals surface area contributed by atoms with Crippen molar-refractivity contribution in [3.05, 3.63) is 17.2 Å². The first-order chi connectivity index (χ1) is 8.69. The molecule has 0 aromatic heterocycles. The summed E-state index contributed by atoms with van der Waals surface area (Å²) in [5.41, 5.74) is -0.419. The Balaban J connectivity index is 2.38. The van der Waals surface area contributed by atoms with Crippen molar-refractivity contribution in [3.63, 3.8) is 0 Å². The monoisotopic (exact) mass is 284 g/mol. The summed E-state index contributed by atoms with van der Waals surface area (Å²) >= 11 is 6.03. The number of hydrogen-bond acceptors (Lipinski definition) is 4. The zero-order valence-electron chi connectivity index (χ0n) is 11.8. The molecule has 0 aliphatic carbocycles. The van der Waals surface area contributed by atoms with Gasteiger partial charge in [0.05, 0.1) is 18.3 Å². The van der Waals surface area contributed by atoms with Crippen molar-refractivity contribution in [2.45, 2.75) is 38.9 Å². The number of aromatic hydroxyl groups is 1. The molecular formula is C13H18BClO4. The molecule has 1 aliphatic rings. The minimum atomic E-state index is -0.645. The summed E-state index contributed by atoms with van der Waals surface area (Å²) in [5, 5.41) is 10.3. The van der Waals surface area contributed by atoms with Crippen LogP contribution in [0.1, 0.15) is 27.7 Å². The Morgan fingerprint density at radius 2 is 1.68 bits per heavy atom. The van der Waals surface area contributed by atoms with Crippen molar-refractivity contribution in [1.82, 2.24) is 0 Å². The molecule has 1 aliphatic heterocycles. The first kappa shape index (κ1) is 14.5. The molecule has 1 saturated heterocycles.